The molecule has 0 aliphatic carbocycles. The van der Waals surface area contributed by atoms with Gasteiger partial charge in [-0.05, 0) is 24.3 Å². The van der Waals surface area contributed by atoms with E-state index in [0.29, 0.717) is 22.5 Å². The molecule has 8 nitrogen and oxygen atoms in total. The fraction of sp³-hybridized carbons (Fsp3) is 0.176. The van der Waals surface area contributed by atoms with Gasteiger partial charge in [-0.15, -0.1) is 0 Å². The number of hydrogen-bond acceptors (Lipinski definition) is 8. The molecule has 2 aromatic carbocycles. The van der Waals surface area contributed by atoms with Crippen LogP contribution in [0.5, 0.6) is 11.5 Å². The van der Waals surface area contributed by atoms with Gasteiger partial charge in [0.25, 0.3) is 5.91 Å². The van der Waals surface area contributed by atoms with Gasteiger partial charge < -0.3 is 19.5 Å². The molecule has 0 aliphatic rings. The van der Waals surface area contributed by atoms with Crippen LogP contribution in [0.1, 0.15) is 10.4 Å². The van der Waals surface area contributed by atoms with E-state index in [1.807, 2.05) is 0 Å². The van der Waals surface area contributed by atoms with Crippen molar-refractivity contribution in [1.82, 2.24) is 8.75 Å². The van der Waals surface area contributed by atoms with E-state index in [1.165, 1.54) is 26.4 Å². The summed E-state index contributed by atoms with van der Waals surface area (Å²) in [5.41, 5.74) is 1.89. The van der Waals surface area contributed by atoms with Gasteiger partial charge in [0, 0.05) is 0 Å². The molecule has 0 spiro atoms. The molecule has 10 heteroatoms. The molecule has 0 fully saturated rings. The highest BCUT2D eigenvalue weighted by atomic mass is 35.5. The van der Waals surface area contributed by atoms with Crippen LogP contribution in [-0.4, -0.2) is 41.5 Å². The van der Waals surface area contributed by atoms with E-state index in [1.54, 1.807) is 18.2 Å². The topological polar surface area (TPSA) is 99.6 Å². The van der Waals surface area contributed by atoms with E-state index in [9.17, 15) is 9.59 Å². The van der Waals surface area contributed by atoms with E-state index >= 15 is 0 Å². The summed E-state index contributed by atoms with van der Waals surface area (Å²) in [6.45, 7) is -0.473. The smallest absolute Gasteiger partial charge is 0.338 e. The van der Waals surface area contributed by atoms with Gasteiger partial charge >= 0.3 is 5.97 Å². The van der Waals surface area contributed by atoms with E-state index in [-0.39, 0.29) is 16.3 Å². The number of aromatic nitrogens is 2. The second kappa shape index (κ2) is 8.19. The summed E-state index contributed by atoms with van der Waals surface area (Å²) in [4.78, 5) is 24.3. The lowest BCUT2D eigenvalue weighted by Crippen LogP contribution is -2.21. The van der Waals surface area contributed by atoms with E-state index in [0.717, 1.165) is 11.7 Å². The molecule has 1 aromatic heterocycles. The SMILES string of the molecule is COc1cc(C(=O)OCC(=O)Nc2cccc3nsnc23)cc(Cl)c1OC. The van der Waals surface area contributed by atoms with Gasteiger partial charge in [-0.2, -0.15) is 8.75 Å². The number of esters is 1. The molecule has 1 heterocycles. The molecule has 27 heavy (non-hydrogen) atoms. The molecule has 0 atom stereocenters. The first-order valence-electron chi connectivity index (χ1n) is 7.63. The van der Waals surface area contributed by atoms with E-state index < -0.39 is 18.5 Å². The Balaban J connectivity index is 1.66. The Morgan fingerprint density at radius 2 is 2.00 bits per heavy atom. The zero-order chi connectivity index (χ0) is 19.4. The first kappa shape index (κ1) is 18.9. The van der Waals surface area contributed by atoms with Crippen LogP contribution < -0.4 is 14.8 Å². The van der Waals surface area contributed by atoms with Crippen molar-refractivity contribution in [2.75, 3.05) is 26.1 Å². The Bertz CT molecular complexity index is 1010. The van der Waals surface area contributed by atoms with Crippen LogP contribution >= 0.6 is 23.3 Å². The molecule has 0 bridgehead atoms. The predicted octanol–water partition coefficient (Wildman–Crippen LogP) is 3.16. The monoisotopic (exact) mass is 407 g/mol. The van der Waals surface area contributed by atoms with Crippen LogP contribution in [0.15, 0.2) is 30.3 Å². The predicted molar refractivity (Wildman–Crippen MR) is 101 cm³/mol. The van der Waals surface area contributed by atoms with Gasteiger partial charge in [-0.25, -0.2) is 4.79 Å². The molecule has 3 rings (SSSR count). The minimum atomic E-state index is -0.721. The number of benzene rings is 2. The third kappa shape index (κ3) is 4.09. The van der Waals surface area contributed by atoms with Crippen molar-refractivity contribution in [3.05, 3.63) is 40.9 Å². The lowest BCUT2D eigenvalue weighted by atomic mass is 10.2. The minimum Gasteiger partial charge on any atom is -0.493 e. The minimum absolute atomic E-state index is 0.135. The summed E-state index contributed by atoms with van der Waals surface area (Å²) < 4.78 is 23.5. The van der Waals surface area contributed by atoms with Crippen LogP contribution in [-0.2, 0) is 9.53 Å². The fourth-order valence-electron chi connectivity index (χ4n) is 2.34. The van der Waals surface area contributed by atoms with Crippen molar-refractivity contribution >= 4 is 51.9 Å². The second-order valence-corrected chi connectivity index (χ2v) is 6.19. The second-order valence-electron chi connectivity index (χ2n) is 5.26. The molecule has 140 valence electrons. The molecule has 3 aromatic rings. The van der Waals surface area contributed by atoms with E-state index in [4.69, 9.17) is 25.8 Å². The first-order chi connectivity index (χ1) is 13.0. The van der Waals surface area contributed by atoms with Crippen LogP contribution in [0.4, 0.5) is 5.69 Å². The highest BCUT2D eigenvalue weighted by Crippen LogP contribution is 2.36. The highest BCUT2D eigenvalue weighted by Gasteiger charge is 2.17. The van der Waals surface area contributed by atoms with Gasteiger partial charge in [0.2, 0.25) is 0 Å². The molecule has 0 saturated heterocycles. The average Bonchev–Trinajstić information content (AvgIpc) is 3.15. The fourth-order valence-corrected chi connectivity index (χ4v) is 3.18. The third-order valence-electron chi connectivity index (χ3n) is 3.56. The van der Waals surface area contributed by atoms with Gasteiger partial charge in [-0.3, -0.25) is 4.79 Å². The molecule has 1 N–H and O–H groups in total. The van der Waals surface area contributed by atoms with Crippen molar-refractivity contribution in [1.29, 1.82) is 0 Å². The summed E-state index contributed by atoms with van der Waals surface area (Å²) in [5, 5.41) is 2.84. The normalized spacial score (nSPS) is 10.5. The first-order valence-corrected chi connectivity index (χ1v) is 8.74. The maximum Gasteiger partial charge on any atom is 0.338 e. The Labute approximate surface area is 163 Å². The number of nitrogens with zero attached hydrogens (tertiary/aromatic N) is 2. The van der Waals surface area contributed by atoms with Crippen LogP contribution in [0.2, 0.25) is 5.02 Å². The lowest BCUT2D eigenvalue weighted by Gasteiger charge is -2.11. The highest BCUT2D eigenvalue weighted by molar-refractivity contribution is 7.00. The zero-order valence-corrected chi connectivity index (χ0v) is 15.9. The average molecular weight is 408 g/mol. The third-order valence-corrected chi connectivity index (χ3v) is 4.39. The maximum atomic E-state index is 12.2. The summed E-state index contributed by atoms with van der Waals surface area (Å²) in [6.07, 6.45) is 0. The lowest BCUT2D eigenvalue weighted by molar-refractivity contribution is -0.119. The van der Waals surface area contributed by atoms with Crippen molar-refractivity contribution in [3.8, 4) is 11.5 Å². The summed E-state index contributed by atoms with van der Waals surface area (Å²) in [5.74, 6) is -0.639. The summed E-state index contributed by atoms with van der Waals surface area (Å²) >= 11 is 7.11. The standard InChI is InChI=1S/C17H14ClN3O5S/c1-24-13-7-9(6-10(18)16(13)25-2)17(23)26-8-14(22)19-11-4-3-5-12-15(11)21-27-20-12/h3-7H,8H2,1-2H3,(H,19,22). The Kier molecular flexibility index (Phi) is 5.72. The molecule has 0 saturated carbocycles. The number of hydrogen-bond donors (Lipinski definition) is 1. The maximum absolute atomic E-state index is 12.2. The van der Waals surface area contributed by atoms with Crippen molar-refractivity contribution in [3.63, 3.8) is 0 Å². The van der Waals surface area contributed by atoms with Crippen molar-refractivity contribution < 1.29 is 23.8 Å². The van der Waals surface area contributed by atoms with E-state index in [2.05, 4.69) is 14.1 Å². The summed E-state index contributed by atoms with van der Waals surface area (Å²) in [7, 11) is 2.86. The Morgan fingerprint density at radius 3 is 2.74 bits per heavy atom. The molecule has 0 radical (unpaired) electrons. The molecule has 1 amide bonds. The van der Waals surface area contributed by atoms with Gasteiger partial charge in [0.1, 0.15) is 11.0 Å². The Morgan fingerprint density at radius 1 is 1.19 bits per heavy atom. The van der Waals surface area contributed by atoms with Gasteiger partial charge in [0.15, 0.2) is 18.1 Å². The number of anilines is 1. The van der Waals surface area contributed by atoms with Crippen molar-refractivity contribution in [2.24, 2.45) is 0 Å². The number of fused-ring (bicyclic) bond motifs is 1. The largest absolute Gasteiger partial charge is 0.493 e. The van der Waals surface area contributed by atoms with Crippen LogP contribution in [0.25, 0.3) is 11.0 Å². The molecule has 0 unspecified atom stereocenters. The molecule has 0 aliphatic heterocycles. The zero-order valence-electron chi connectivity index (χ0n) is 14.3. The quantitative estimate of drug-likeness (QED) is 0.626. The number of carbonyl (C=O) groups excluding carboxylic acids is 2. The van der Waals surface area contributed by atoms with Crippen LogP contribution in [0, 0.1) is 0 Å². The number of halogens is 1. The van der Waals surface area contributed by atoms with Gasteiger partial charge in [0.05, 0.1) is 42.2 Å². The molecular weight excluding hydrogens is 394 g/mol. The Hall–Kier alpha value is -2.91. The van der Waals surface area contributed by atoms with Gasteiger partial charge in [-0.1, -0.05) is 17.7 Å². The molecular formula is C17H14ClN3O5S. The number of methoxy groups -OCH3 is 2. The number of amides is 1. The van der Waals surface area contributed by atoms with Crippen LogP contribution in [0.3, 0.4) is 0 Å². The summed E-state index contributed by atoms with van der Waals surface area (Å²) in [6, 6.07) is 8.03. The van der Waals surface area contributed by atoms with Crippen molar-refractivity contribution in [2.45, 2.75) is 0 Å². The number of carbonyl (C=O) groups is 2. The number of rotatable bonds is 6. The number of ether oxygens (including phenoxy) is 3. The number of nitrogens with one attached hydrogen (secondary N) is 1.